The maximum atomic E-state index is 13.9. The summed E-state index contributed by atoms with van der Waals surface area (Å²) < 4.78 is 13.9. The molecule has 0 aromatic heterocycles. The van der Waals surface area contributed by atoms with Gasteiger partial charge in [-0.3, -0.25) is 4.79 Å². The fourth-order valence-electron chi connectivity index (χ4n) is 2.64. The van der Waals surface area contributed by atoms with Crippen molar-refractivity contribution in [2.24, 2.45) is 0 Å². The standard InChI is InChI=1S/C17H17FN2O/c1-11-5-4-7-13(18)16(11)19-15-10-9-12-6-2-3-8-14(12)20-17(15)21/h2-8,15,19H,9-10H2,1H3,(H,20,21). The van der Waals surface area contributed by atoms with Crippen LogP contribution in [-0.2, 0) is 11.2 Å². The van der Waals surface area contributed by atoms with E-state index in [2.05, 4.69) is 10.6 Å². The largest absolute Gasteiger partial charge is 0.371 e. The molecule has 0 spiro atoms. The van der Waals surface area contributed by atoms with Gasteiger partial charge in [-0.2, -0.15) is 0 Å². The average molecular weight is 284 g/mol. The Morgan fingerprint density at radius 1 is 1.19 bits per heavy atom. The Kier molecular flexibility index (Phi) is 3.60. The van der Waals surface area contributed by atoms with E-state index in [0.717, 1.165) is 23.2 Å². The highest BCUT2D eigenvalue weighted by Crippen LogP contribution is 2.25. The lowest BCUT2D eigenvalue weighted by molar-refractivity contribution is -0.116. The molecule has 3 rings (SSSR count). The summed E-state index contributed by atoms with van der Waals surface area (Å²) in [5.74, 6) is -0.452. The van der Waals surface area contributed by atoms with Gasteiger partial charge in [-0.25, -0.2) is 4.39 Å². The Morgan fingerprint density at radius 2 is 2.00 bits per heavy atom. The van der Waals surface area contributed by atoms with Crippen LogP contribution >= 0.6 is 0 Å². The van der Waals surface area contributed by atoms with Crippen molar-refractivity contribution in [3.05, 3.63) is 59.4 Å². The number of carbonyl (C=O) groups excluding carboxylic acids is 1. The van der Waals surface area contributed by atoms with Crippen molar-refractivity contribution >= 4 is 17.3 Å². The maximum Gasteiger partial charge on any atom is 0.246 e. The number of amides is 1. The van der Waals surface area contributed by atoms with E-state index in [9.17, 15) is 9.18 Å². The second-order valence-corrected chi connectivity index (χ2v) is 5.31. The molecule has 108 valence electrons. The first-order valence-corrected chi connectivity index (χ1v) is 7.05. The number of hydrogen-bond acceptors (Lipinski definition) is 2. The predicted molar refractivity (Wildman–Crippen MR) is 81.9 cm³/mol. The summed E-state index contributed by atoms with van der Waals surface area (Å²) in [7, 11) is 0. The highest BCUT2D eigenvalue weighted by Gasteiger charge is 2.24. The van der Waals surface area contributed by atoms with Crippen molar-refractivity contribution in [1.29, 1.82) is 0 Å². The lowest BCUT2D eigenvalue weighted by atomic mass is 10.1. The van der Waals surface area contributed by atoms with E-state index in [0.29, 0.717) is 12.1 Å². The molecular weight excluding hydrogens is 267 g/mol. The number of benzene rings is 2. The number of aryl methyl sites for hydroxylation is 2. The van der Waals surface area contributed by atoms with Crippen LogP contribution in [0.15, 0.2) is 42.5 Å². The van der Waals surface area contributed by atoms with E-state index in [1.165, 1.54) is 6.07 Å². The number of para-hydroxylation sites is 2. The SMILES string of the molecule is Cc1cccc(F)c1NC1CCc2ccccc2NC1=O. The molecule has 0 bridgehead atoms. The molecule has 1 unspecified atom stereocenters. The number of hydrogen-bond donors (Lipinski definition) is 2. The smallest absolute Gasteiger partial charge is 0.246 e. The molecule has 1 atom stereocenters. The first kappa shape index (κ1) is 13.6. The third kappa shape index (κ3) is 2.75. The molecule has 3 nitrogen and oxygen atoms in total. The molecule has 2 aromatic rings. The number of carbonyl (C=O) groups is 1. The van der Waals surface area contributed by atoms with Gasteiger partial charge in [0.05, 0.1) is 5.69 Å². The lowest BCUT2D eigenvalue weighted by Gasteiger charge is -2.18. The molecule has 4 heteroatoms. The number of nitrogens with one attached hydrogen (secondary N) is 2. The van der Waals surface area contributed by atoms with Crippen molar-refractivity contribution in [1.82, 2.24) is 0 Å². The van der Waals surface area contributed by atoms with Gasteiger partial charge in [0.25, 0.3) is 0 Å². The predicted octanol–water partition coefficient (Wildman–Crippen LogP) is 3.50. The van der Waals surface area contributed by atoms with Crippen molar-refractivity contribution in [2.45, 2.75) is 25.8 Å². The highest BCUT2D eigenvalue weighted by atomic mass is 19.1. The van der Waals surface area contributed by atoms with E-state index in [1.54, 1.807) is 6.07 Å². The van der Waals surface area contributed by atoms with Gasteiger partial charge < -0.3 is 10.6 Å². The molecule has 0 fully saturated rings. The van der Waals surface area contributed by atoms with Crippen LogP contribution in [-0.4, -0.2) is 11.9 Å². The van der Waals surface area contributed by atoms with Gasteiger partial charge in [-0.15, -0.1) is 0 Å². The average Bonchev–Trinajstić information content (AvgIpc) is 2.62. The Hall–Kier alpha value is -2.36. The Balaban J connectivity index is 1.83. The molecule has 2 aromatic carbocycles. The first-order chi connectivity index (χ1) is 10.1. The molecule has 2 N–H and O–H groups in total. The van der Waals surface area contributed by atoms with E-state index < -0.39 is 6.04 Å². The zero-order valence-electron chi connectivity index (χ0n) is 11.8. The minimum absolute atomic E-state index is 0.123. The lowest BCUT2D eigenvalue weighted by Crippen LogP contribution is -2.34. The molecule has 0 radical (unpaired) electrons. The van der Waals surface area contributed by atoms with Gasteiger partial charge in [-0.1, -0.05) is 30.3 Å². The highest BCUT2D eigenvalue weighted by molar-refractivity contribution is 5.98. The number of halogens is 1. The van der Waals surface area contributed by atoms with Crippen molar-refractivity contribution in [2.75, 3.05) is 10.6 Å². The molecule has 1 aliphatic heterocycles. The summed E-state index contributed by atoms with van der Waals surface area (Å²) in [6, 6.07) is 12.2. The third-order valence-corrected chi connectivity index (χ3v) is 3.83. The summed E-state index contributed by atoms with van der Waals surface area (Å²) in [6.45, 7) is 1.83. The molecule has 0 aliphatic carbocycles. The van der Waals surface area contributed by atoms with Gasteiger partial charge in [0.1, 0.15) is 11.9 Å². The number of fused-ring (bicyclic) bond motifs is 1. The molecule has 1 heterocycles. The second-order valence-electron chi connectivity index (χ2n) is 5.31. The minimum atomic E-state index is -0.437. The Bertz CT molecular complexity index is 664. The summed E-state index contributed by atoms with van der Waals surface area (Å²) in [5, 5.41) is 5.96. The maximum absolute atomic E-state index is 13.9. The third-order valence-electron chi connectivity index (χ3n) is 3.83. The van der Waals surface area contributed by atoms with Gasteiger partial charge in [0.2, 0.25) is 5.91 Å². The molecule has 0 saturated heterocycles. The number of anilines is 2. The van der Waals surface area contributed by atoms with Crippen molar-refractivity contribution in [3.8, 4) is 0 Å². The Morgan fingerprint density at radius 3 is 2.81 bits per heavy atom. The molecule has 1 aliphatic rings. The number of rotatable bonds is 2. The second kappa shape index (κ2) is 5.56. The van der Waals surface area contributed by atoms with Crippen LogP contribution in [0.25, 0.3) is 0 Å². The molecule has 1 amide bonds. The van der Waals surface area contributed by atoms with Crippen LogP contribution in [0, 0.1) is 12.7 Å². The van der Waals surface area contributed by atoms with Crippen LogP contribution in [0.5, 0.6) is 0 Å². The van der Waals surface area contributed by atoms with Crippen molar-refractivity contribution < 1.29 is 9.18 Å². The molecule has 21 heavy (non-hydrogen) atoms. The van der Waals surface area contributed by atoms with E-state index >= 15 is 0 Å². The van der Waals surface area contributed by atoms with Crippen LogP contribution in [0.4, 0.5) is 15.8 Å². The fraction of sp³-hybridized carbons (Fsp3) is 0.235. The first-order valence-electron chi connectivity index (χ1n) is 7.05. The van der Waals surface area contributed by atoms with Crippen LogP contribution in [0.3, 0.4) is 0 Å². The van der Waals surface area contributed by atoms with Crippen LogP contribution < -0.4 is 10.6 Å². The summed E-state index contributed by atoms with van der Waals surface area (Å²) in [5.41, 5.74) is 3.16. The van der Waals surface area contributed by atoms with Crippen LogP contribution in [0.1, 0.15) is 17.5 Å². The quantitative estimate of drug-likeness (QED) is 0.886. The summed E-state index contributed by atoms with van der Waals surface area (Å²) in [6.07, 6.45) is 1.41. The normalized spacial score (nSPS) is 17.6. The molecule has 0 saturated carbocycles. The summed E-state index contributed by atoms with van der Waals surface area (Å²) in [4.78, 5) is 12.3. The Labute approximate surface area is 123 Å². The van der Waals surface area contributed by atoms with E-state index in [1.807, 2.05) is 37.3 Å². The fourth-order valence-corrected chi connectivity index (χ4v) is 2.64. The van der Waals surface area contributed by atoms with E-state index in [4.69, 9.17) is 0 Å². The summed E-state index contributed by atoms with van der Waals surface area (Å²) >= 11 is 0. The van der Waals surface area contributed by atoms with Gasteiger partial charge in [-0.05, 0) is 43.0 Å². The zero-order valence-corrected chi connectivity index (χ0v) is 11.8. The molecular formula is C17H17FN2O. The monoisotopic (exact) mass is 284 g/mol. The topological polar surface area (TPSA) is 41.1 Å². The van der Waals surface area contributed by atoms with E-state index in [-0.39, 0.29) is 11.7 Å². The van der Waals surface area contributed by atoms with Crippen LogP contribution in [0.2, 0.25) is 0 Å². The van der Waals surface area contributed by atoms with Crippen molar-refractivity contribution in [3.63, 3.8) is 0 Å². The van der Waals surface area contributed by atoms with Gasteiger partial charge in [0.15, 0.2) is 0 Å². The minimum Gasteiger partial charge on any atom is -0.371 e. The van der Waals surface area contributed by atoms with Gasteiger partial charge in [0, 0.05) is 5.69 Å². The van der Waals surface area contributed by atoms with Gasteiger partial charge >= 0.3 is 0 Å². The zero-order chi connectivity index (χ0) is 14.8.